The molecule has 1 aliphatic heterocycles. The molecule has 2 nitrogen and oxygen atoms in total. The molecular formula is C16H24FNO. The lowest BCUT2D eigenvalue weighted by atomic mass is 9.95. The molecule has 1 aliphatic rings. The molecule has 2 rings (SSSR count). The number of hydrogen-bond donors (Lipinski definition) is 1. The molecule has 0 radical (unpaired) electrons. The van der Waals surface area contributed by atoms with Gasteiger partial charge in [0.05, 0.1) is 18.2 Å². The van der Waals surface area contributed by atoms with E-state index in [1.165, 1.54) is 6.07 Å². The summed E-state index contributed by atoms with van der Waals surface area (Å²) >= 11 is 0. The van der Waals surface area contributed by atoms with Gasteiger partial charge in [0.25, 0.3) is 0 Å². The molecule has 0 bridgehead atoms. The molecule has 3 atom stereocenters. The highest BCUT2D eigenvalue weighted by atomic mass is 19.1. The predicted molar refractivity (Wildman–Crippen MR) is 75.7 cm³/mol. The molecule has 1 saturated heterocycles. The van der Waals surface area contributed by atoms with Crippen LogP contribution in [0.5, 0.6) is 0 Å². The van der Waals surface area contributed by atoms with Crippen LogP contribution in [0.2, 0.25) is 0 Å². The van der Waals surface area contributed by atoms with Crippen LogP contribution in [0.25, 0.3) is 0 Å². The van der Waals surface area contributed by atoms with Gasteiger partial charge in [-0.1, -0.05) is 13.0 Å². The second-order valence-corrected chi connectivity index (χ2v) is 5.50. The SMILES string of the molecule is CCCNC(c1cc(F)ccc1C)C1CCC(C)O1. The minimum absolute atomic E-state index is 0.0978. The van der Waals surface area contributed by atoms with E-state index in [1.807, 2.05) is 13.0 Å². The number of ether oxygens (including phenoxy) is 1. The minimum Gasteiger partial charge on any atom is -0.373 e. The third kappa shape index (κ3) is 3.54. The van der Waals surface area contributed by atoms with Crippen molar-refractivity contribution in [3.63, 3.8) is 0 Å². The van der Waals surface area contributed by atoms with E-state index in [4.69, 9.17) is 4.74 Å². The van der Waals surface area contributed by atoms with Crippen LogP contribution >= 0.6 is 0 Å². The Morgan fingerprint density at radius 1 is 1.42 bits per heavy atom. The lowest BCUT2D eigenvalue weighted by Crippen LogP contribution is -2.33. The van der Waals surface area contributed by atoms with Crippen molar-refractivity contribution < 1.29 is 9.13 Å². The second-order valence-electron chi connectivity index (χ2n) is 5.50. The van der Waals surface area contributed by atoms with E-state index >= 15 is 0 Å². The van der Waals surface area contributed by atoms with E-state index in [9.17, 15) is 4.39 Å². The fraction of sp³-hybridized carbons (Fsp3) is 0.625. The van der Waals surface area contributed by atoms with Crippen LogP contribution in [0.1, 0.15) is 50.3 Å². The van der Waals surface area contributed by atoms with Crippen molar-refractivity contribution in [3.8, 4) is 0 Å². The van der Waals surface area contributed by atoms with Crippen LogP contribution in [-0.2, 0) is 4.74 Å². The van der Waals surface area contributed by atoms with Gasteiger partial charge in [0, 0.05) is 0 Å². The van der Waals surface area contributed by atoms with Gasteiger partial charge in [0.15, 0.2) is 0 Å². The van der Waals surface area contributed by atoms with E-state index < -0.39 is 0 Å². The van der Waals surface area contributed by atoms with Crippen LogP contribution in [0.3, 0.4) is 0 Å². The highest BCUT2D eigenvalue weighted by Crippen LogP contribution is 2.32. The Hall–Kier alpha value is -0.930. The summed E-state index contributed by atoms with van der Waals surface area (Å²) in [4.78, 5) is 0. The van der Waals surface area contributed by atoms with Crippen molar-refractivity contribution >= 4 is 0 Å². The molecule has 0 aromatic heterocycles. The van der Waals surface area contributed by atoms with E-state index in [1.54, 1.807) is 6.07 Å². The fourth-order valence-corrected chi connectivity index (χ4v) is 2.77. The van der Waals surface area contributed by atoms with Gasteiger partial charge in [-0.3, -0.25) is 0 Å². The summed E-state index contributed by atoms with van der Waals surface area (Å²) in [5.41, 5.74) is 2.16. The van der Waals surface area contributed by atoms with Gasteiger partial charge < -0.3 is 10.1 Å². The van der Waals surface area contributed by atoms with Crippen molar-refractivity contribution in [2.45, 2.75) is 58.3 Å². The van der Waals surface area contributed by atoms with Crippen LogP contribution in [0, 0.1) is 12.7 Å². The molecule has 1 heterocycles. The summed E-state index contributed by atoms with van der Waals surface area (Å²) in [6.07, 6.45) is 3.65. The molecule has 1 N–H and O–H groups in total. The first-order chi connectivity index (χ1) is 9.11. The summed E-state index contributed by atoms with van der Waals surface area (Å²) in [6, 6.07) is 5.12. The van der Waals surface area contributed by atoms with E-state index in [-0.39, 0.29) is 18.0 Å². The number of benzene rings is 1. The highest BCUT2D eigenvalue weighted by molar-refractivity contribution is 5.30. The zero-order chi connectivity index (χ0) is 13.8. The van der Waals surface area contributed by atoms with Crippen LogP contribution in [0.15, 0.2) is 18.2 Å². The molecule has 3 heteroatoms. The Morgan fingerprint density at radius 2 is 2.21 bits per heavy atom. The lowest BCUT2D eigenvalue weighted by molar-refractivity contribution is 0.0314. The Morgan fingerprint density at radius 3 is 2.84 bits per heavy atom. The maximum Gasteiger partial charge on any atom is 0.123 e. The maximum atomic E-state index is 13.5. The van der Waals surface area contributed by atoms with Gasteiger partial charge in [0.1, 0.15) is 5.82 Å². The van der Waals surface area contributed by atoms with Crippen molar-refractivity contribution in [1.29, 1.82) is 0 Å². The Kier molecular flexibility index (Phi) is 4.94. The molecule has 106 valence electrons. The van der Waals surface area contributed by atoms with Crippen LogP contribution in [-0.4, -0.2) is 18.8 Å². The third-order valence-electron chi connectivity index (χ3n) is 3.83. The number of rotatable bonds is 5. The Balaban J connectivity index is 2.23. The number of nitrogens with one attached hydrogen (secondary N) is 1. The van der Waals surface area contributed by atoms with Gasteiger partial charge in [-0.15, -0.1) is 0 Å². The normalized spacial score (nSPS) is 24.6. The molecule has 1 aromatic carbocycles. The third-order valence-corrected chi connectivity index (χ3v) is 3.83. The van der Waals surface area contributed by atoms with E-state index in [0.717, 1.165) is 36.9 Å². The zero-order valence-electron chi connectivity index (χ0n) is 12.1. The van der Waals surface area contributed by atoms with Gasteiger partial charge in [0.2, 0.25) is 0 Å². The van der Waals surface area contributed by atoms with Crippen molar-refractivity contribution in [3.05, 3.63) is 35.1 Å². The molecule has 3 unspecified atom stereocenters. The summed E-state index contributed by atoms with van der Waals surface area (Å²) in [7, 11) is 0. The van der Waals surface area contributed by atoms with E-state index in [0.29, 0.717) is 6.10 Å². The average molecular weight is 265 g/mol. The first-order valence-electron chi connectivity index (χ1n) is 7.26. The minimum atomic E-state index is -0.171. The summed E-state index contributed by atoms with van der Waals surface area (Å²) in [6.45, 7) is 7.21. The van der Waals surface area contributed by atoms with Gasteiger partial charge >= 0.3 is 0 Å². The van der Waals surface area contributed by atoms with Crippen LogP contribution < -0.4 is 5.32 Å². The highest BCUT2D eigenvalue weighted by Gasteiger charge is 2.31. The number of hydrogen-bond acceptors (Lipinski definition) is 2. The molecule has 0 spiro atoms. The summed E-state index contributed by atoms with van der Waals surface area (Å²) in [5.74, 6) is -0.171. The lowest BCUT2D eigenvalue weighted by Gasteiger charge is -2.26. The summed E-state index contributed by atoms with van der Waals surface area (Å²) < 4.78 is 19.5. The number of aryl methyl sites for hydroxylation is 1. The fourth-order valence-electron chi connectivity index (χ4n) is 2.77. The summed E-state index contributed by atoms with van der Waals surface area (Å²) in [5, 5.41) is 3.52. The molecule has 1 aromatic rings. The predicted octanol–water partition coefficient (Wildman–Crippen LogP) is 3.74. The molecule has 0 aliphatic carbocycles. The first kappa shape index (κ1) is 14.5. The second kappa shape index (κ2) is 6.49. The van der Waals surface area contributed by atoms with Gasteiger partial charge in [-0.2, -0.15) is 0 Å². The first-order valence-corrected chi connectivity index (χ1v) is 7.26. The molecule has 0 saturated carbocycles. The van der Waals surface area contributed by atoms with Crippen molar-refractivity contribution in [1.82, 2.24) is 5.32 Å². The average Bonchev–Trinajstić information content (AvgIpc) is 2.80. The molecule has 1 fully saturated rings. The quantitative estimate of drug-likeness (QED) is 0.875. The van der Waals surface area contributed by atoms with Crippen molar-refractivity contribution in [2.24, 2.45) is 0 Å². The zero-order valence-corrected chi connectivity index (χ0v) is 12.1. The van der Waals surface area contributed by atoms with Crippen molar-refractivity contribution in [2.75, 3.05) is 6.54 Å². The van der Waals surface area contributed by atoms with Gasteiger partial charge in [-0.25, -0.2) is 4.39 Å². The Bertz CT molecular complexity index is 421. The topological polar surface area (TPSA) is 21.3 Å². The van der Waals surface area contributed by atoms with Gasteiger partial charge in [-0.05, 0) is 62.9 Å². The smallest absolute Gasteiger partial charge is 0.123 e. The Labute approximate surface area is 115 Å². The molecule has 19 heavy (non-hydrogen) atoms. The van der Waals surface area contributed by atoms with Crippen LogP contribution in [0.4, 0.5) is 4.39 Å². The molecular weight excluding hydrogens is 241 g/mol. The largest absolute Gasteiger partial charge is 0.373 e. The monoisotopic (exact) mass is 265 g/mol. The number of halogens is 1. The maximum absolute atomic E-state index is 13.5. The van der Waals surface area contributed by atoms with E-state index in [2.05, 4.69) is 19.2 Å². The standard InChI is InChI=1S/C16H24FNO/c1-4-9-18-16(15-8-6-12(3)19-15)14-10-13(17)7-5-11(14)2/h5,7,10,12,15-16,18H,4,6,8-9H2,1-3H3. The molecule has 0 amide bonds.